The van der Waals surface area contributed by atoms with Gasteiger partial charge >= 0.3 is 0 Å². The summed E-state index contributed by atoms with van der Waals surface area (Å²) < 4.78 is 1.32. The minimum atomic E-state index is -0.313. The van der Waals surface area contributed by atoms with Gasteiger partial charge in [-0.15, -0.1) is 11.3 Å². The summed E-state index contributed by atoms with van der Waals surface area (Å²) in [6.07, 6.45) is 2.36. The van der Waals surface area contributed by atoms with Crippen LogP contribution in [-0.2, 0) is 11.2 Å². The highest BCUT2D eigenvalue weighted by molar-refractivity contribution is 7.17. The molecule has 0 radical (unpaired) electrons. The molecule has 0 aliphatic rings. The highest BCUT2D eigenvalue weighted by atomic mass is 32.1. The fourth-order valence-electron chi connectivity index (χ4n) is 2.48. The molecule has 1 atom stereocenters. The van der Waals surface area contributed by atoms with Crippen molar-refractivity contribution < 1.29 is 4.79 Å². The molecule has 120 valence electrons. The molecule has 0 spiro atoms. The van der Waals surface area contributed by atoms with E-state index < -0.39 is 0 Å². The molecular weight excluding hydrogens is 292 g/mol. The van der Waals surface area contributed by atoms with E-state index >= 15 is 0 Å². The number of rotatable bonds is 7. The first-order valence-corrected chi connectivity index (χ1v) is 8.80. The Labute approximate surface area is 136 Å². The van der Waals surface area contributed by atoms with Crippen LogP contribution in [0.3, 0.4) is 0 Å². The molecule has 1 unspecified atom stereocenters. The average molecular weight is 318 g/mol. The Morgan fingerprint density at radius 3 is 2.77 bits per heavy atom. The zero-order valence-electron chi connectivity index (χ0n) is 13.7. The van der Waals surface area contributed by atoms with Crippen molar-refractivity contribution >= 4 is 27.3 Å². The lowest BCUT2D eigenvalue weighted by Gasteiger charge is -2.33. The van der Waals surface area contributed by atoms with Crippen LogP contribution in [0.1, 0.15) is 39.2 Å². The van der Waals surface area contributed by atoms with E-state index in [9.17, 15) is 4.79 Å². The number of fused-ring (bicyclic) bond motifs is 1. The van der Waals surface area contributed by atoms with E-state index in [2.05, 4.69) is 48.8 Å². The minimum Gasteiger partial charge on any atom is -0.349 e. The van der Waals surface area contributed by atoms with Gasteiger partial charge in [-0.05, 0) is 48.1 Å². The van der Waals surface area contributed by atoms with Crippen molar-refractivity contribution in [1.82, 2.24) is 5.32 Å². The summed E-state index contributed by atoms with van der Waals surface area (Å²) in [6, 6.07) is 8.44. The quantitative estimate of drug-likeness (QED) is 0.817. The Morgan fingerprint density at radius 2 is 2.09 bits per heavy atom. The van der Waals surface area contributed by atoms with Crippen LogP contribution in [0.4, 0.5) is 0 Å². The van der Waals surface area contributed by atoms with Crippen LogP contribution in [0.25, 0.3) is 10.1 Å². The first kappa shape index (κ1) is 17.0. The lowest BCUT2D eigenvalue weighted by atomic mass is 9.88. The van der Waals surface area contributed by atoms with Gasteiger partial charge < -0.3 is 11.1 Å². The number of nitrogens with one attached hydrogen (secondary N) is 1. The van der Waals surface area contributed by atoms with Crippen LogP contribution >= 0.6 is 11.3 Å². The molecular formula is C18H26N2OS. The zero-order valence-corrected chi connectivity index (χ0v) is 14.5. The molecule has 3 nitrogen and oxygen atoms in total. The third-order valence-corrected chi connectivity index (χ3v) is 5.55. The van der Waals surface area contributed by atoms with Crippen molar-refractivity contribution in [2.75, 3.05) is 6.54 Å². The molecule has 2 rings (SSSR count). The minimum absolute atomic E-state index is 0.0983. The standard InChI is InChI=1S/C18H26N2OS/c1-13(2)18(3,12-19)20-17(21)10-6-7-14-11-22-16-9-5-4-8-15(14)16/h4-5,8-9,11,13H,6-7,10,12,19H2,1-3H3,(H,20,21). The Morgan fingerprint density at radius 1 is 1.36 bits per heavy atom. The summed E-state index contributed by atoms with van der Waals surface area (Å²) in [5, 5.41) is 6.63. The second kappa shape index (κ2) is 7.25. The second-order valence-corrected chi connectivity index (χ2v) is 7.35. The molecule has 2 aromatic rings. The Kier molecular flexibility index (Phi) is 5.59. The lowest BCUT2D eigenvalue weighted by molar-refractivity contribution is -0.123. The number of aryl methyl sites for hydroxylation is 1. The Hall–Kier alpha value is -1.39. The van der Waals surface area contributed by atoms with Crippen LogP contribution < -0.4 is 11.1 Å². The highest BCUT2D eigenvalue weighted by Gasteiger charge is 2.28. The molecule has 0 aliphatic heterocycles. The fraction of sp³-hybridized carbons (Fsp3) is 0.500. The third-order valence-electron chi connectivity index (χ3n) is 4.53. The van der Waals surface area contributed by atoms with Gasteiger partial charge in [0.2, 0.25) is 5.91 Å². The molecule has 1 amide bonds. The van der Waals surface area contributed by atoms with E-state index in [1.54, 1.807) is 11.3 Å². The Balaban J connectivity index is 1.87. The van der Waals surface area contributed by atoms with Gasteiger partial charge in [-0.25, -0.2) is 0 Å². The molecule has 4 heteroatoms. The van der Waals surface area contributed by atoms with Gasteiger partial charge in [-0.2, -0.15) is 0 Å². The van der Waals surface area contributed by atoms with Crippen LogP contribution in [0.15, 0.2) is 29.6 Å². The van der Waals surface area contributed by atoms with Crippen LogP contribution in [0, 0.1) is 5.92 Å². The third kappa shape index (κ3) is 3.87. The summed E-state index contributed by atoms with van der Waals surface area (Å²) in [5.41, 5.74) is 6.84. The number of hydrogen-bond acceptors (Lipinski definition) is 3. The van der Waals surface area contributed by atoms with Gasteiger partial charge in [0.05, 0.1) is 5.54 Å². The molecule has 0 saturated heterocycles. The summed E-state index contributed by atoms with van der Waals surface area (Å²) >= 11 is 1.77. The van der Waals surface area contributed by atoms with E-state index in [4.69, 9.17) is 5.73 Å². The molecule has 0 bridgehead atoms. The van der Waals surface area contributed by atoms with Gasteiger partial charge in [0.1, 0.15) is 0 Å². The van der Waals surface area contributed by atoms with Gasteiger partial charge in [-0.3, -0.25) is 4.79 Å². The van der Waals surface area contributed by atoms with Gasteiger partial charge in [-0.1, -0.05) is 32.0 Å². The number of nitrogens with two attached hydrogens (primary N) is 1. The number of carbonyl (C=O) groups excluding carboxylic acids is 1. The van der Waals surface area contributed by atoms with Gasteiger partial charge in [0.25, 0.3) is 0 Å². The molecule has 0 aliphatic carbocycles. The van der Waals surface area contributed by atoms with Crippen LogP contribution in [0.2, 0.25) is 0 Å². The fourth-order valence-corrected chi connectivity index (χ4v) is 3.48. The van der Waals surface area contributed by atoms with Gasteiger partial charge in [0.15, 0.2) is 0 Å². The van der Waals surface area contributed by atoms with Crippen molar-refractivity contribution in [3.05, 3.63) is 35.2 Å². The molecule has 1 aromatic carbocycles. The number of amides is 1. The highest BCUT2D eigenvalue weighted by Crippen LogP contribution is 2.26. The SMILES string of the molecule is CC(C)C(C)(CN)NC(=O)CCCc1csc2ccccc12. The first-order valence-electron chi connectivity index (χ1n) is 7.92. The number of carbonyl (C=O) groups is 1. The summed E-state index contributed by atoms with van der Waals surface area (Å²) in [6.45, 7) is 6.66. The maximum Gasteiger partial charge on any atom is 0.220 e. The predicted molar refractivity (Wildman–Crippen MR) is 95.2 cm³/mol. The summed E-state index contributed by atoms with van der Waals surface area (Å²) in [4.78, 5) is 12.2. The van der Waals surface area contributed by atoms with Crippen molar-refractivity contribution in [2.24, 2.45) is 11.7 Å². The normalized spacial score (nSPS) is 14.2. The summed E-state index contributed by atoms with van der Waals surface area (Å²) in [7, 11) is 0. The van der Waals surface area contributed by atoms with E-state index in [1.807, 2.05) is 6.92 Å². The molecule has 0 saturated carbocycles. The Bertz CT molecular complexity index is 635. The maximum absolute atomic E-state index is 12.2. The lowest BCUT2D eigenvalue weighted by Crippen LogP contribution is -2.54. The number of hydrogen-bond donors (Lipinski definition) is 2. The molecule has 1 aromatic heterocycles. The topological polar surface area (TPSA) is 55.1 Å². The predicted octanol–water partition coefficient (Wildman–Crippen LogP) is 3.71. The zero-order chi connectivity index (χ0) is 16.2. The van der Waals surface area contributed by atoms with E-state index in [1.165, 1.54) is 15.6 Å². The first-order chi connectivity index (χ1) is 10.5. The average Bonchev–Trinajstić information content (AvgIpc) is 2.90. The smallest absolute Gasteiger partial charge is 0.220 e. The molecule has 1 heterocycles. The summed E-state index contributed by atoms with van der Waals surface area (Å²) in [5.74, 6) is 0.420. The van der Waals surface area contributed by atoms with Crippen LogP contribution in [-0.4, -0.2) is 18.0 Å². The van der Waals surface area contributed by atoms with E-state index in [0.717, 1.165) is 12.8 Å². The molecule has 22 heavy (non-hydrogen) atoms. The largest absolute Gasteiger partial charge is 0.349 e. The van der Waals surface area contributed by atoms with Crippen molar-refractivity contribution in [3.63, 3.8) is 0 Å². The van der Waals surface area contributed by atoms with Crippen molar-refractivity contribution in [3.8, 4) is 0 Å². The van der Waals surface area contributed by atoms with E-state index in [-0.39, 0.29) is 11.4 Å². The number of benzene rings is 1. The van der Waals surface area contributed by atoms with E-state index in [0.29, 0.717) is 18.9 Å². The number of thiophene rings is 1. The van der Waals surface area contributed by atoms with Crippen LogP contribution in [0.5, 0.6) is 0 Å². The monoisotopic (exact) mass is 318 g/mol. The second-order valence-electron chi connectivity index (χ2n) is 6.44. The van der Waals surface area contributed by atoms with Crippen molar-refractivity contribution in [2.45, 2.75) is 45.6 Å². The van der Waals surface area contributed by atoms with Gasteiger partial charge in [0, 0.05) is 17.7 Å². The molecule has 0 fully saturated rings. The van der Waals surface area contributed by atoms with Crippen molar-refractivity contribution in [1.29, 1.82) is 0 Å². The molecule has 3 N–H and O–H groups in total. The maximum atomic E-state index is 12.2.